The maximum atomic E-state index is 13.8. The van der Waals surface area contributed by atoms with Gasteiger partial charge in [-0.05, 0) is 94.5 Å². The smallest absolute Gasteiger partial charge is 0.253 e. The Morgan fingerprint density at radius 3 is 2.32 bits per heavy atom. The summed E-state index contributed by atoms with van der Waals surface area (Å²) >= 11 is 0. The number of hydrogen-bond acceptors (Lipinski definition) is 2. The lowest BCUT2D eigenvalue weighted by atomic mass is 9.89. The Hall–Kier alpha value is -2.57. The zero-order valence-electron chi connectivity index (χ0n) is 23.4. The van der Waals surface area contributed by atoms with Crippen LogP contribution in [0.1, 0.15) is 88.2 Å². The third-order valence-electron chi connectivity index (χ3n) is 8.20. The standard InChI is InChI=1S/C32H43N3O2S/c1-22-28(31(36)33-24-14-11-15-24)20-29(35(22)21-23-12-7-6-8-13-23)26-18-19-30(27-17-10-9-16-25(26)27)38(5,37)34-32(2,3)4/h9-10,16-20,23-24H,5-8,11-15,21H2,1-4H3,(H,33,36)(H,34,37). The summed E-state index contributed by atoms with van der Waals surface area (Å²) in [5.74, 6) is 4.77. The first-order valence-corrected chi connectivity index (χ1v) is 16.0. The Kier molecular flexibility index (Phi) is 7.49. The van der Waals surface area contributed by atoms with Gasteiger partial charge in [0.05, 0.1) is 20.2 Å². The van der Waals surface area contributed by atoms with Crippen molar-refractivity contribution < 1.29 is 9.00 Å². The second-order valence-electron chi connectivity index (χ2n) is 12.4. The third-order valence-corrected chi connectivity index (χ3v) is 10.2. The van der Waals surface area contributed by atoms with Gasteiger partial charge < -0.3 is 9.88 Å². The molecule has 3 aromatic rings. The van der Waals surface area contributed by atoms with Crippen molar-refractivity contribution in [2.45, 2.75) is 102 Å². The van der Waals surface area contributed by atoms with E-state index in [-0.39, 0.29) is 11.4 Å². The van der Waals surface area contributed by atoms with Crippen LogP contribution in [-0.2, 0) is 16.3 Å². The number of fused-ring (bicyclic) bond motifs is 1. The Labute approximate surface area is 228 Å². The molecule has 5 nitrogen and oxygen atoms in total. The number of carbonyl (C=O) groups excluding carboxylic acids is 1. The molecule has 2 aliphatic carbocycles. The first-order valence-electron chi connectivity index (χ1n) is 14.2. The van der Waals surface area contributed by atoms with E-state index in [1.54, 1.807) is 0 Å². The Morgan fingerprint density at radius 2 is 1.68 bits per heavy atom. The molecule has 1 heterocycles. The molecule has 2 N–H and O–H groups in total. The average molecular weight is 534 g/mol. The molecule has 1 unspecified atom stereocenters. The highest BCUT2D eigenvalue weighted by Crippen LogP contribution is 2.37. The van der Waals surface area contributed by atoms with Gasteiger partial charge in [-0.15, -0.1) is 0 Å². The molecule has 1 aromatic heterocycles. The van der Waals surface area contributed by atoms with Crippen LogP contribution in [0.25, 0.3) is 22.0 Å². The van der Waals surface area contributed by atoms with Crippen LogP contribution >= 0.6 is 0 Å². The third kappa shape index (κ3) is 5.57. The molecule has 2 aliphatic rings. The van der Waals surface area contributed by atoms with E-state index in [9.17, 15) is 9.00 Å². The lowest BCUT2D eigenvalue weighted by Gasteiger charge is -2.26. The lowest BCUT2D eigenvalue weighted by Crippen LogP contribution is -2.40. The normalized spacial score (nSPS) is 18.7. The molecular formula is C32H43N3O2S. The molecule has 0 spiro atoms. The van der Waals surface area contributed by atoms with Gasteiger partial charge in [-0.1, -0.05) is 49.6 Å². The van der Waals surface area contributed by atoms with Crippen molar-refractivity contribution in [1.29, 1.82) is 0 Å². The van der Waals surface area contributed by atoms with Crippen molar-refractivity contribution in [1.82, 2.24) is 14.6 Å². The van der Waals surface area contributed by atoms with Gasteiger partial charge in [-0.3, -0.25) is 4.79 Å². The van der Waals surface area contributed by atoms with E-state index in [1.165, 1.54) is 38.5 Å². The van der Waals surface area contributed by atoms with Crippen LogP contribution in [0.4, 0.5) is 0 Å². The molecule has 0 radical (unpaired) electrons. The number of nitrogens with one attached hydrogen (secondary N) is 2. The highest BCUT2D eigenvalue weighted by atomic mass is 32.2. The van der Waals surface area contributed by atoms with Gasteiger partial charge in [0.25, 0.3) is 5.91 Å². The molecule has 204 valence electrons. The average Bonchev–Trinajstić information content (AvgIpc) is 3.15. The molecule has 0 saturated heterocycles. The largest absolute Gasteiger partial charge is 0.349 e. The maximum Gasteiger partial charge on any atom is 0.253 e. The summed E-state index contributed by atoms with van der Waals surface area (Å²) in [6, 6.07) is 14.6. The number of aromatic nitrogens is 1. The van der Waals surface area contributed by atoms with E-state index in [0.29, 0.717) is 12.0 Å². The van der Waals surface area contributed by atoms with Crippen molar-refractivity contribution in [2.24, 2.45) is 5.92 Å². The molecule has 6 heteroatoms. The topological polar surface area (TPSA) is 63.1 Å². The molecule has 1 amide bonds. The molecule has 38 heavy (non-hydrogen) atoms. The van der Waals surface area contributed by atoms with Gasteiger partial charge in [-0.2, -0.15) is 0 Å². The van der Waals surface area contributed by atoms with Crippen LogP contribution in [0.15, 0.2) is 47.4 Å². The minimum absolute atomic E-state index is 0.0342. The second kappa shape index (κ2) is 10.5. The molecule has 2 fully saturated rings. The van der Waals surface area contributed by atoms with Crippen molar-refractivity contribution in [3.8, 4) is 11.3 Å². The molecule has 2 saturated carbocycles. The predicted octanol–water partition coefficient (Wildman–Crippen LogP) is 6.86. The van der Waals surface area contributed by atoms with E-state index >= 15 is 0 Å². The van der Waals surface area contributed by atoms with Crippen LogP contribution in [0.5, 0.6) is 0 Å². The van der Waals surface area contributed by atoms with Crippen LogP contribution < -0.4 is 10.0 Å². The Balaban J connectivity index is 1.63. The summed E-state index contributed by atoms with van der Waals surface area (Å²) in [6.45, 7) is 9.03. The molecule has 2 aromatic carbocycles. The Bertz CT molecular complexity index is 1440. The predicted molar refractivity (Wildman–Crippen MR) is 160 cm³/mol. The fourth-order valence-corrected chi connectivity index (χ4v) is 8.03. The van der Waals surface area contributed by atoms with E-state index in [4.69, 9.17) is 0 Å². The second-order valence-corrected chi connectivity index (χ2v) is 14.4. The summed E-state index contributed by atoms with van der Waals surface area (Å²) in [4.78, 5) is 14.1. The first kappa shape index (κ1) is 27.0. The van der Waals surface area contributed by atoms with Gasteiger partial charge in [0.2, 0.25) is 0 Å². The van der Waals surface area contributed by atoms with Gasteiger partial charge in [0, 0.05) is 35.1 Å². The van der Waals surface area contributed by atoms with E-state index < -0.39 is 9.71 Å². The fraction of sp³-hybridized carbons (Fsp3) is 0.500. The summed E-state index contributed by atoms with van der Waals surface area (Å²) < 4.78 is 19.4. The zero-order chi connectivity index (χ0) is 27.1. The van der Waals surface area contributed by atoms with Crippen LogP contribution in [0.3, 0.4) is 0 Å². The number of hydrogen-bond donors (Lipinski definition) is 2. The van der Waals surface area contributed by atoms with E-state index in [0.717, 1.165) is 57.6 Å². The molecule has 1 atom stereocenters. The molecule has 0 aliphatic heterocycles. The van der Waals surface area contributed by atoms with Crippen molar-refractivity contribution in [3.05, 3.63) is 53.7 Å². The first-order chi connectivity index (χ1) is 18.0. The number of carbonyl (C=O) groups is 1. The highest BCUT2D eigenvalue weighted by Gasteiger charge is 2.27. The van der Waals surface area contributed by atoms with Crippen molar-refractivity contribution in [2.75, 3.05) is 0 Å². The number of benzene rings is 2. The molecular weight excluding hydrogens is 490 g/mol. The molecule has 5 rings (SSSR count). The monoisotopic (exact) mass is 533 g/mol. The number of rotatable bonds is 7. The minimum Gasteiger partial charge on any atom is -0.349 e. The van der Waals surface area contributed by atoms with Crippen LogP contribution in [-0.4, -0.2) is 32.1 Å². The van der Waals surface area contributed by atoms with E-state index in [2.05, 4.69) is 45.6 Å². The summed E-state index contributed by atoms with van der Waals surface area (Å²) in [7, 11) is -2.72. The van der Waals surface area contributed by atoms with Crippen molar-refractivity contribution in [3.63, 3.8) is 0 Å². The van der Waals surface area contributed by atoms with Gasteiger partial charge in [0.1, 0.15) is 0 Å². The van der Waals surface area contributed by atoms with Gasteiger partial charge >= 0.3 is 0 Å². The fourth-order valence-electron chi connectivity index (χ4n) is 6.11. The quantitative estimate of drug-likeness (QED) is 0.326. The van der Waals surface area contributed by atoms with Crippen LogP contribution in [0, 0.1) is 12.8 Å². The summed E-state index contributed by atoms with van der Waals surface area (Å²) in [5, 5.41) is 5.22. The lowest BCUT2D eigenvalue weighted by molar-refractivity contribution is 0.0916. The molecule has 0 bridgehead atoms. The van der Waals surface area contributed by atoms with Crippen molar-refractivity contribution >= 4 is 32.3 Å². The van der Waals surface area contributed by atoms with Gasteiger partial charge in [-0.25, -0.2) is 8.93 Å². The SMILES string of the molecule is C=S(=O)(NC(C)(C)C)c1ccc(-c2cc(C(=O)NC3CCC3)c(C)n2CC2CCCCC2)c2ccccc12. The number of amides is 1. The highest BCUT2D eigenvalue weighted by molar-refractivity contribution is 7.98. The zero-order valence-corrected chi connectivity index (χ0v) is 24.3. The van der Waals surface area contributed by atoms with E-state index in [1.807, 2.05) is 45.0 Å². The summed E-state index contributed by atoms with van der Waals surface area (Å²) in [5.41, 5.74) is 3.59. The van der Waals surface area contributed by atoms with Crippen LogP contribution in [0.2, 0.25) is 0 Å². The summed E-state index contributed by atoms with van der Waals surface area (Å²) in [6.07, 6.45) is 9.69. The minimum atomic E-state index is -2.72. The Morgan fingerprint density at radius 1 is 1.00 bits per heavy atom. The maximum absolute atomic E-state index is 13.8. The number of nitrogens with zero attached hydrogens (tertiary/aromatic N) is 1. The van der Waals surface area contributed by atoms with Gasteiger partial charge in [0.15, 0.2) is 0 Å².